The van der Waals surface area contributed by atoms with Gasteiger partial charge in [-0.1, -0.05) is 28.1 Å². The molecule has 1 heterocycles. The van der Waals surface area contributed by atoms with Gasteiger partial charge in [0.15, 0.2) is 0 Å². The Morgan fingerprint density at radius 1 is 1.38 bits per heavy atom. The lowest BCUT2D eigenvalue weighted by atomic mass is 10.1. The van der Waals surface area contributed by atoms with Crippen molar-refractivity contribution in [2.45, 2.75) is 13.3 Å². The number of hydrogen-bond acceptors (Lipinski definition) is 1. The Hall–Kier alpha value is -0.890. The van der Waals surface area contributed by atoms with Gasteiger partial charge < -0.3 is 0 Å². The predicted octanol–water partition coefficient (Wildman–Crippen LogP) is 3.55. The molecule has 66 valence electrons. The van der Waals surface area contributed by atoms with Gasteiger partial charge in [-0.05, 0) is 30.2 Å². The van der Waals surface area contributed by atoms with Crippen molar-refractivity contribution in [2.75, 3.05) is 0 Å². The monoisotopic (exact) mass is 235 g/mol. The molecule has 2 rings (SSSR count). The van der Waals surface area contributed by atoms with E-state index in [-0.39, 0.29) is 0 Å². The van der Waals surface area contributed by atoms with Crippen LogP contribution in [0.3, 0.4) is 0 Å². The topological polar surface area (TPSA) is 12.4 Å². The van der Waals surface area contributed by atoms with Gasteiger partial charge in [0.05, 0.1) is 5.71 Å². The van der Waals surface area contributed by atoms with Gasteiger partial charge in [0, 0.05) is 17.1 Å². The maximum atomic E-state index is 4.36. The first-order valence-corrected chi connectivity index (χ1v) is 5.03. The molecular weight excluding hydrogens is 226 g/mol. The summed E-state index contributed by atoms with van der Waals surface area (Å²) < 4.78 is 1.11. The Labute approximate surface area is 86.3 Å². The average molecular weight is 236 g/mol. The van der Waals surface area contributed by atoms with Gasteiger partial charge in [0.1, 0.15) is 0 Å². The highest BCUT2D eigenvalue weighted by Crippen LogP contribution is 2.19. The molecule has 0 amide bonds. The summed E-state index contributed by atoms with van der Waals surface area (Å²) in [5.41, 5.74) is 3.70. The molecular formula is C11H10BrN. The molecule has 1 aromatic rings. The second-order valence-corrected chi connectivity index (χ2v) is 4.15. The summed E-state index contributed by atoms with van der Waals surface area (Å²) in [6.45, 7) is 2.11. The van der Waals surface area contributed by atoms with Gasteiger partial charge in [0.2, 0.25) is 0 Å². The molecule has 1 aromatic carbocycles. The minimum absolute atomic E-state index is 0.983. The van der Waals surface area contributed by atoms with Gasteiger partial charge in [-0.15, -0.1) is 0 Å². The third-order valence-corrected chi connectivity index (χ3v) is 2.54. The van der Waals surface area contributed by atoms with E-state index in [0.29, 0.717) is 0 Å². The van der Waals surface area contributed by atoms with Crippen LogP contribution in [0.1, 0.15) is 18.9 Å². The molecule has 1 nitrogen and oxygen atoms in total. The SMILES string of the molecule is CC1=CN=C(c2cccc(Br)c2)C1. The lowest BCUT2D eigenvalue weighted by molar-refractivity contribution is 1.30. The Bertz CT molecular complexity index is 391. The van der Waals surface area contributed by atoms with E-state index in [1.54, 1.807) is 0 Å². The highest BCUT2D eigenvalue weighted by Gasteiger charge is 2.08. The molecule has 0 N–H and O–H groups in total. The fourth-order valence-electron chi connectivity index (χ4n) is 1.39. The Morgan fingerprint density at radius 3 is 2.85 bits per heavy atom. The maximum absolute atomic E-state index is 4.36. The molecule has 0 aliphatic carbocycles. The van der Waals surface area contributed by atoms with E-state index in [1.165, 1.54) is 16.8 Å². The number of halogens is 1. The van der Waals surface area contributed by atoms with E-state index in [0.717, 1.165) is 10.9 Å². The van der Waals surface area contributed by atoms with Crippen molar-refractivity contribution in [1.82, 2.24) is 0 Å². The fraction of sp³-hybridized carbons (Fsp3) is 0.182. The highest BCUT2D eigenvalue weighted by atomic mass is 79.9. The van der Waals surface area contributed by atoms with Crippen LogP contribution in [-0.2, 0) is 0 Å². The summed E-state index contributed by atoms with van der Waals surface area (Å²) >= 11 is 3.45. The van der Waals surface area contributed by atoms with Gasteiger partial charge in [-0.2, -0.15) is 0 Å². The number of hydrogen-bond donors (Lipinski definition) is 0. The Balaban J connectivity index is 2.29. The molecule has 0 fully saturated rings. The van der Waals surface area contributed by atoms with Crippen molar-refractivity contribution >= 4 is 21.6 Å². The second-order valence-electron chi connectivity index (χ2n) is 3.24. The zero-order chi connectivity index (χ0) is 9.26. The number of nitrogens with zero attached hydrogens (tertiary/aromatic N) is 1. The molecule has 2 heteroatoms. The molecule has 0 saturated carbocycles. The maximum Gasteiger partial charge on any atom is 0.0517 e. The summed E-state index contributed by atoms with van der Waals surface area (Å²) in [5, 5.41) is 0. The van der Waals surface area contributed by atoms with E-state index in [1.807, 2.05) is 18.3 Å². The van der Waals surface area contributed by atoms with Crippen molar-refractivity contribution in [2.24, 2.45) is 4.99 Å². The second kappa shape index (κ2) is 3.46. The van der Waals surface area contributed by atoms with Crippen LogP contribution in [0.15, 0.2) is 45.5 Å². The molecule has 0 aromatic heterocycles. The van der Waals surface area contributed by atoms with E-state index in [4.69, 9.17) is 0 Å². The number of aliphatic imine (C=N–C) groups is 1. The molecule has 1 aliphatic heterocycles. The van der Waals surface area contributed by atoms with Gasteiger partial charge in [0.25, 0.3) is 0 Å². The quantitative estimate of drug-likeness (QED) is 0.707. The van der Waals surface area contributed by atoms with E-state index in [2.05, 4.69) is 40.0 Å². The van der Waals surface area contributed by atoms with Crippen LogP contribution in [0.2, 0.25) is 0 Å². The summed E-state index contributed by atoms with van der Waals surface area (Å²) in [6.07, 6.45) is 2.92. The molecule has 0 atom stereocenters. The molecule has 0 spiro atoms. The van der Waals surface area contributed by atoms with Crippen LogP contribution in [0.5, 0.6) is 0 Å². The van der Waals surface area contributed by atoms with Crippen LogP contribution in [0.4, 0.5) is 0 Å². The number of allylic oxidation sites excluding steroid dienone is 1. The molecule has 0 unspecified atom stereocenters. The first kappa shape index (κ1) is 8.70. The molecule has 13 heavy (non-hydrogen) atoms. The normalized spacial score (nSPS) is 15.5. The van der Waals surface area contributed by atoms with Crippen molar-refractivity contribution in [3.05, 3.63) is 46.1 Å². The van der Waals surface area contributed by atoms with E-state index < -0.39 is 0 Å². The molecule has 1 aliphatic rings. The summed E-state index contributed by atoms with van der Waals surface area (Å²) in [6, 6.07) is 8.26. The third kappa shape index (κ3) is 1.89. The van der Waals surface area contributed by atoms with E-state index >= 15 is 0 Å². The molecule has 0 radical (unpaired) electrons. The Kier molecular flexibility index (Phi) is 2.32. The zero-order valence-electron chi connectivity index (χ0n) is 7.42. The van der Waals surface area contributed by atoms with Crippen molar-refractivity contribution < 1.29 is 0 Å². The van der Waals surface area contributed by atoms with Crippen molar-refractivity contribution in [3.8, 4) is 0 Å². The summed E-state index contributed by atoms with van der Waals surface area (Å²) in [4.78, 5) is 4.36. The van der Waals surface area contributed by atoms with Crippen LogP contribution in [0, 0.1) is 0 Å². The van der Waals surface area contributed by atoms with Crippen LogP contribution >= 0.6 is 15.9 Å². The standard InChI is InChI=1S/C11H10BrN/c1-8-5-11(13-7-8)9-3-2-4-10(12)6-9/h2-4,6-7H,5H2,1H3. The van der Waals surface area contributed by atoms with Crippen LogP contribution in [-0.4, -0.2) is 5.71 Å². The largest absolute Gasteiger partial charge is 0.260 e. The number of rotatable bonds is 1. The van der Waals surface area contributed by atoms with Crippen LogP contribution in [0.25, 0.3) is 0 Å². The predicted molar refractivity (Wildman–Crippen MR) is 59.1 cm³/mol. The van der Waals surface area contributed by atoms with Gasteiger partial charge >= 0.3 is 0 Å². The molecule has 0 bridgehead atoms. The van der Waals surface area contributed by atoms with E-state index in [9.17, 15) is 0 Å². The fourth-order valence-corrected chi connectivity index (χ4v) is 1.79. The highest BCUT2D eigenvalue weighted by molar-refractivity contribution is 9.10. The Morgan fingerprint density at radius 2 is 2.23 bits per heavy atom. The van der Waals surface area contributed by atoms with Crippen molar-refractivity contribution in [3.63, 3.8) is 0 Å². The summed E-state index contributed by atoms with van der Waals surface area (Å²) in [5.74, 6) is 0. The minimum Gasteiger partial charge on any atom is -0.260 e. The first-order chi connectivity index (χ1) is 6.25. The van der Waals surface area contributed by atoms with Gasteiger partial charge in [-0.3, -0.25) is 4.99 Å². The minimum atomic E-state index is 0.983. The molecule has 0 saturated heterocycles. The van der Waals surface area contributed by atoms with Crippen molar-refractivity contribution in [1.29, 1.82) is 0 Å². The lowest BCUT2D eigenvalue weighted by Gasteiger charge is -2.01. The van der Waals surface area contributed by atoms with Crippen LogP contribution < -0.4 is 0 Å². The summed E-state index contributed by atoms with van der Waals surface area (Å²) in [7, 11) is 0. The lowest BCUT2D eigenvalue weighted by Crippen LogP contribution is -1.96. The smallest absolute Gasteiger partial charge is 0.0517 e. The first-order valence-electron chi connectivity index (χ1n) is 4.24. The third-order valence-electron chi connectivity index (χ3n) is 2.04. The van der Waals surface area contributed by atoms with Gasteiger partial charge in [-0.25, -0.2) is 0 Å². The number of benzene rings is 1. The zero-order valence-corrected chi connectivity index (χ0v) is 9.01. The average Bonchev–Trinajstić information content (AvgIpc) is 2.52.